The van der Waals surface area contributed by atoms with Gasteiger partial charge in [0.1, 0.15) is 0 Å². The van der Waals surface area contributed by atoms with E-state index in [2.05, 4.69) is 36.3 Å². The number of rotatable bonds is 5. The molecule has 1 amide bonds. The Morgan fingerprint density at radius 3 is 2.64 bits per heavy atom. The number of benzene rings is 1. The van der Waals surface area contributed by atoms with Crippen LogP contribution in [-0.2, 0) is 22.4 Å². The zero-order valence-electron chi connectivity index (χ0n) is 14.6. The molecule has 2 heterocycles. The average molecular weight is 337 g/mol. The molecule has 2 N–H and O–H groups in total. The Morgan fingerprint density at radius 2 is 2.00 bits per heavy atom. The summed E-state index contributed by atoms with van der Waals surface area (Å²) in [5, 5.41) is 16.1. The van der Waals surface area contributed by atoms with Crippen LogP contribution in [0, 0.1) is 0 Å². The maximum Gasteiger partial charge on any atom is 0.254 e. The lowest BCUT2D eigenvalue weighted by Gasteiger charge is -2.19. The molecule has 0 bridgehead atoms. The second kappa shape index (κ2) is 6.59. The van der Waals surface area contributed by atoms with Gasteiger partial charge < -0.3 is 15.4 Å². The zero-order chi connectivity index (χ0) is 18.1. The molecule has 1 aliphatic rings. The van der Waals surface area contributed by atoms with Crippen molar-refractivity contribution in [1.82, 2.24) is 10.3 Å². The van der Waals surface area contributed by atoms with E-state index in [1.807, 2.05) is 18.3 Å². The van der Waals surface area contributed by atoms with Gasteiger partial charge in [0.2, 0.25) is 0 Å². The number of fused-ring (bicyclic) bond motifs is 1. The van der Waals surface area contributed by atoms with Crippen LogP contribution in [-0.4, -0.2) is 22.7 Å². The molecule has 5 nitrogen and oxygen atoms in total. The highest BCUT2D eigenvalue weighted by Gasteiger charge is 2.29. The number of nitrogens with one attached hydrogen (secondary N) is 2. The molecule has 0 unspecified atom stereocenters. The predicted octanol–water partition coefficient (Wildman–Crippen LogP) is 1.92. The number of Topliss-reactive ketones (excluding diaryl/α,β-unsaturated/α-hetero) is 1. The van der Waals surface area contributed by atoms with Gasteiger partial charge in [0.15, 0.2) is 5.78 Å². The van der Waals surface area contributed by atoms with Gasteiger partial charge in [-0.25, -0.2) is 0 Å². The van der Waals surface area contributed by atoms with Crippen molar-refractivity contribution in [2.75, 3.05) is 0 Å². The van der Waals surface area contributed by atoms with Crippen LogP contribution in [0.3, 0.4) is 0 Å². The Kier molecular flexibility index (Phi) is 4.49. The van der Waals surface area contributed by atoms with Gasteiger partial charge in [0, 0.05) is 23.1 Å². The Hall–Kier alpha value is -2.82. The Labute approximate surface area is 146 Å². The molecule has 0 aliphatic carbocycles. The standard InChI is InChI=1S/C20H22N2O3/c1-11(2)7-8-13-5-4-6-15-18(13)14(10-21-15)9-16-19(24)17(12(3)23)20(25)22-16/h4-7,10,16,21,24H,8-9H2,1-3H3,(H,22,25)/p-1/t16-/m0/s1. The van der Waals surface area contributed by atoms with Crippen LogP contribution < -0.4 is 10.4 Å². The number of hydrogen-bond acceptors (Lipinski definition) is 3. The van der Waals surface area contributed by atoms with E-state index in [4.69, 9.17) is 0 Å². The molecule has 0 spiro atoms. The number of allylic oxidation sites excluding steroid dienone is 2. The van der Waals surface area contributed by atoms with Gasteiger partial charge in [-0.1, -0.05) is 29.5 Å². The van der Waals surface area contributed by atoms with Crippen LogP contribution in [0.4, 0.5) is 0 Å². The lowest BCUT2D eigenvalue weighted by molar-refractivity contribution is -0.309. The molecule has 0 radical (unpaired) electrons. The molecule has 2 aromatic rings. The molecule has 1 aliphatic heterocycles. The third kappa shape index (κ3) is 3.22. The van der Waals surface area contributed by atoms with E-state index in [1.54, 1.807) is 0 Å². The van der Waals surface area contributed by atoms with Crippen LogP contribution in [0.2, 0.25) is 0 Å². The number of aromatic nitrogens is 1. The normalized spacial score (nSPS) is 17.1. The molecule has 25 heavy (non-hydrogen) atoms. The summed E-state index contributed by atoms with van der Waals surface area (Å²) in [4.78, 5) is 26.6. The minimum absolute atomic E-state index is 0.241. The molecular weight excluding hydrogens is 316 g/mol. The van der Waals surface area contributed by atoms with E-state index >= 15 is 0 Å². The number of ketones is 1. The monoisotopic (exact) mass is 337 g/mol. The topological polar surface area (TPSA) is 85.0 Å². The quantitative estimate of drug-likeness (QED) is 0.646. The summed E-state index contributed by atoms with van der Waals surface area (Å²) in [6.45, 7) is 5.37. The minimum Gasteiger partial charge on any atom is -0.873 e. The van der Waals surface area contributed by atoms with E-state index < -0.39 is 23.5 Å². The molecule has 1 aromatic carbocycles. The smallest absolute Gasteiger partial charge is 0.254 e. The summed E-state index contributed by atoms with van der Waals surface area (Å²) < 4.78 is 0. The highest BCUT2D eigenvalue weighted by molar-refractivity contribution is 6.20. The van der Waals surface area contributed by atoms with Crippen LogP contribution in [0.15, 0.2) is 47.4 Å². The fourth-order valence-corrected chi connectivity index (χ4v) is 3.26. The molecule has 0 saturated heterocycles. The second-order valence-corrected chi connectivity index (χ2v) is 6.66. The zero-order valence-corrected chi connectivity index (χ0v) is 14.6. The van der Waals surface area contributed by atoms with Crippen molar-refractivity contribution in [1.29, 1.82) is 0 Å². The fraction of sp³-hybridized carbons (Fsp3) is 0.300. The largest absolute Gasteiger partial charge is 0.873 e. The third-order valence-corrected chi connectivity index (χ3v) is 4.48. The van der Waals surface area contributed by atoms with Crippen molar-refractivity contribution in [2.24, 2.45) is 0 Å². The van der Waals surface area contributed by atoms with E-state index in [9.17, 15) is 14.7 Å². The van der Waals surface area contributed by atoms with Gasteiger partial charge in [-0.2, -0.15) is 0 Å². The van der Waals surface area contributed by atoms with Crippen molar-refractivity contribution in [3.05, 3.63) is 58.5 Å². The molecule has 0 fully saturated rings. The molecule has 3 rings (SSSR count). The maximum absolute atomic E-state index is 12.4. The van der Waals surface area contributed by atoms with Gasteiger partial charge in [0.25, 0.3) is 5.91 Å². The molecule has 1 atom stereocenters. The number of H-pyrrole nitrogens is 1. The molecule has 1 aromatic heterocycles. The highest BCUT2D eigenvalue weighted by Crippen LogP contribution is 2.27. The number of amides is 1. The summed E-state index contributed by atoms with van der Waals surface area (Å²) in [5.74, 6) is -1.45. The van der Waals surface area contributed by atoms with E-state index in [-0.39, 0.29) is 5.57 Å². The first-order chi connectivity index (χ1) is 11.9. The number of carbonyl (C=O) groups excluding carboxylic acids is 2. The first-order valence-corrected chi connectivity index (χ1v) is 8.32. The van der Waals surface area contributed by atoms with Gasteiger partial charge in [-0.3, -0.25) is 9.59 Å². The lowest BCUT2D eigenvalue weighted by atomic mass is 9.98. The van der Waals surface area contributed by atoms with Crippen molar-refractivity contribution in [3.8, 4) is 0 Å². The van der Waals surface area contributed by atoms with Gasteiger partial charge in [0.05, 0.1) is 5.57 Å². The summed E-state index contributed by atoms with van der Waals surface area (Å²) >= 11 is 0. The van der Waals surface area contributed by atoms with E-state index in [0.717, 1.165) is 22.9 Å². The van der Waals surface area contributed by atoms with E-state index in [0.29, 0.717) is 6.42 Å². The van der Waals surface area contributed by atoms with Crippen molar-refractivity contribution >= 4 is 22.6 Å². The Bertz CT molecular complexity index is 914. The number of hydrogen-bond donors (Lipinski definition) is 2. The SMILES string of the molecule is CC(=O)C1=C([O-])[C@H](Cc2c[nH]c3cccc(CC=C(C)C)c23)NC1=O. The second-order valence-electron chi connectivity index (χ2n) is 6.66. The van der Waals surface area contributed by atoms with Crippen LogP contribution >= 0.6 is 0 Å². The summed E-state index contributed by atoms with van der Waals surface area (Å²) in [6, 6.07) is 5.39. The molecule has 0 saturated carbocycles. The Balaban J connectivity index is 1.96. The van der Waals surface area contributed by atoms with Gasteiger partial charge in [-0.15, -0.1) is 0 Å². The summed E-state index contributed by atoms with van der Waals surface area (Å²) in [5.41, 5.74) is 4.14. The highest BCUT2D eigenvalue weighted by atomic mass is 16.3. The summed E-state index contributed by atoms with van der Waals surface area (Å²) in [6.07, 6.45) is 5.21. The van der Waals surface area contributed by atoms with Crippen LogP contribution in [0.25, 0.3) is 10.9 Å². The van der Waals surface area contributed by atoms with Crippen molar-refractivity contribution < 1.29 is 14.7 Å². The maximum atomic E-state index is 12.4. The third-order valence-electron chi connectivity index (χ3n) is 4.48. The van der Waals surface area contributed by atoms with Crippen molar-refractivity contribution in [2.45, 2.75) is 39.7 Å². The number of aromatic amines is 1. The van der Waals surface area contributed by atoms with Crippen molar-refractivity contribution in [3.63, 3.8) is 0 Å². The average Bonchev–Trinajstić information content (AvgIpc) is 3.07. The van der Waals surface area contributed by atoms with Gasteiger partial charge in [-0.05, 0) is 50.8 Å². The van der Waals surface area contributed by atoms with E-state index in [1.165, 1.54) is 18.1 Å². The van der Waals surface area contributed by atoms with Crippen LogP contribution in [0.1, 0.15) is 31.9 Å². The fourth-order valence-electron chi connectivity index (χ4n) is 3.26. The predicted molar refractivity (Wildman–Crippen MR) is 94.8 cm³/mol. The molecule has 130 valence electrons. The van der Waals surface area contributed by atoms with Crippen LogP contribution in [0.5, 0.6) is 0 Å². The van der Waals surface area contributed by atoms with Gasteiger partial charge >= 0.3 is 0 Å². The minimum atomic E-state index is -0.679. The first kappa shape index (κ1) is 17.0. The molecular formula is C20H21N2O3-. The Morgan fingerprint density at radius 1 is 1.24 bits per heavy atom. The number of carbonyl (C=O) groups is 2. The first-order valence-electron chi connectivity index (χ1n) is 8.32. The molecule has 5 heteroatoms. The lowest BCUT2D eigenvalue weighted by Crippen LogP contribution is -2.33. The summed E-state index contributed by atoms with van der Waals surface area (Å²) in [7, 11) is 0.